The number of likely N-dealkylation sites (N-methyl/N-ethyl adjacent to an activating group) is 1. The van der Waals surface area contributed by atoms with Gasteiger partial charge in [-0.1, -0.05) is 0 Å². The van der Waals surface area contributed by atoms with Crippen molar-refractivity contribution in [2.45, 2.75) is 0 Å². The second kappa shape index (κ2) is 8.59. The lowest BCUT2D eigenvalue weighted by atomic mass is 10.1. The fraction of sp³-hybridized carbons (Fsp3) is 0.562. The monoisotopic (exact) mass is 323 g/mol. The van der Waals surface area contributed by atoms with E-state index in [1.54, 1.807) is 32.4 Å². The number of nitrogens with one attached hydrogen (secondary N) is 2. The van der Waals surface area contributed by atoms with E-state index in [2.05, 4.69) is 22.6 Å². The van der Waals surface area contributed by atoms with Gasteiger partial charge in [0.05, 0.1) is 33.1 Å². The zero-order chi connectivity index (χ0) is 16.7. The highest BCUT2D eigenvalue weighted by atomic mass is 16.5. The maximum atomic E-state index is 12.1. The molecular weight excluding hydrogens is 298 g/mol. The van der Waals surface area contributed by atoms with Gasteiger partial charge in [-0.25, -0.2) is 4.79 Å². The first-order valence-electron chi connectivity index (χ1n) is 7.65. The van der Waals surface area contributed by atoms with Gasteiger partial charge in [-0.2, -0.15) is 0 Å². The fourth-order valence-corrected chi connectivity index (χ4v) is 2.48. The molecule has 2 amide bonds. The molecule has 2 N–H and O–H groups in total. The molecule has 1 aromatic carbocycles. The Morgan fingerprint density at radius 2 is 2.22 bits per heavy atom. The molecule has 0 unspecified atom stereocenters. The second-order valence-corrected chi connectivity index (χ2v) is 5.60. The Kier molecular flexibility index (Phi) is 6.49. The number of methoxy groups -OCH3 is 2. The standard InChI is InChI=1S/C16H25N3O4/c1-19-6-7-23-11-12(10-19)9-17-16(20)18-14-5-4-13(21-2)8-15(14)22-3/h4-5,8,12H,6-7,9-11H2,1-3H3,(H2,17,18,20)/t12-/m0/s1. The van der Waals surface area contributed by atoms with Crippen molar-refractivity contribution in [1.82, 2.24) is 10.2 Å². The quantitative estimate of drug-likeness (QED) is 0.857. The van der Waals surface area contributed by atoms with Crippen molar-refractivity contribution in [2.75, 3.05) is 59.4 Å². The van der Waals surface area contributed by atoms with Crippen molar-refractivity contribution >= 4 is 11.7 Å². The third-order valence-electron chi connectivity index (χ3n) is 3.75. The van der Waals surface area contributed by atoms with Crippen molar-refractivity contribution < 1.29 is 19.0 Å². The first-order chi connectivity index (χ1) is 11.1. The first kappa shape index (κ1) is 17.4. The van der Waals surface area contributed by atoms with E-state index in [0.717, 1.165) is 19.7 Å². The SMILES string of the molecule is COc1ccc(NC(=O)NC[C@@H]2COCCN(C)C2)c(OC)c1. The van der Waals surface area contributed by atoms with E-state index in [-0.39, 0.29) is 11.9 Å². The summed E-state index contributed by atoms with van der Waals surface area (Å²) in [5, 5.41) is 5.68. The van der Waals surface area contributed by atoms with Crippen LogP contribution < -0.4 is 20.1 Å². The minimum Gasteiger partial charge on any atom is -0.497 e. The molecule has 1 atom stereocenters. The van der Waals surface area contributed by atoms with Gasteiger partial charge in [0, 0.05) is 31.6 Å². The van der Waals surface area contributed by atoms with Crippen molar-refractivity contribution in [3.05, 3.63) is 18.2 Å². The van der Waals surface area contributed by atoms with E-state index in [9.17, 15) is 4.79 Å². The highest BCUT2D eigenvalue weighted by molar-refractivity contribution is 5.91. The maximum absolute atomic E-state index is 12.1. The van der Waals surface area contributed by atoms with Crippen LogP contribution in [0.1, 0.15) is 0 Å². The number of hydrogen-bond donors (Lipinski definition) is 2. The molecule has 0 aromatic heterocycles. The molecule has 23 heavy (non-hydrogen) atoms. The summed E-state index contributed by atoms with van der Waals surface area (Å²) in [7, 11) is 5.20. The highest BCUT2D eigenvalue weighted by Crippen LogP contribution is 2.28. The highest BCUT2D eigenvalue weighted by Gasteiger charge is 2.17. The lowest BCUT2D eigenvalue weighted by Gasteiger charge is -2.19. The van der Waals surface area contributed by atoms with Crippen LogP contribution in [0.2, 0.25) is 0 Å². The van der Waals surface area contributed by atoms with Gasteiger partial charge in [-0.3, -0.25) is 0 Å². The molecule has 2 rings (SSSR count). The fourth-order valence-electron chi connectivity index (χ4n) is 2.48. The summed E-state index contributed by atoms with van der Waals surface area (Å²) in [6.45, 7) is 3.80. The summed E-state index contributed by atoms with van der Waals surface area (Å²) in [6, 6.07) is 4.98. The number of anilines is 1. The molecular formula is C16H25N3O4. The topological polar surface area (TPSA) is 72.1 Å². The second-order valence-electron chi connectivity index (χ2n) is 5.60. The van der Waals surface area contributed by atoms with E-state index in [1.807, 2.05) is 0 Å². The summed E-state index contributed by atoms with van der Waals surface area (Å²) < 4.78 is 15.9. The normalized spacial score (nSPS) is 18.8. The Hall–Kier alpha value is -1.99. The average Bonchev–Trinajstić information content (AvgIpc) is 2.77. The van der Waals surface area contributed by atoms with Crippen LogP contribution in [-0.4, -0.2) is 65.0 Å². The van der Waals surface area contributed by atoms with E-state index in [1.165, 1.54) is 0 Å². The molecule has 7 nitrogen and oxygen atoms in total. The number of ether oxygens (including phenoxy) is 3. The van der Waals surface area contributed by atoms with Crippen molar-refractivity contribution in [2.24, 2.45) is 5.92 Å². The summed E-state index contributed by atoms with van der Waals surface area (Å²) >= 11 is 0. The Bertz CT molecular complexity index is 524. The predicted molar refractivity (Wildman–Crippen MR) is 88.4 cm³/mol. The molecule has 1 aromatic rings. The van der Waals surface area contributed by atoms with Crippen LogP contribution in [0.3, 0.4) is 0 Å². The molecule has 1 fully saturated rings. The molecule has 0 aliphatic carbocycles. The van der Waals surface area contributed by atoms with Crippen LogP contribution in [0.25, 0.3) is 0 Å². The zero-order valence-electron chi connectivity index (χ0n) is 13.9. The smallest absolute Gasteiger partial charge is 0.319 e. The van der Waals surface area contributed by atoms with Gasteiger partial charge in [0.2, 0.25) is 0 Å². The molecule has 7 heteroatoms. The van der Waals surface area contributed by atoms with E-state index >= 15 is 0 Å². The number of amides is 2. The van der Waals surface area contributed by atoms with Gasteiger partial charge in [0.15, 0.2) is 0 Å². The minimum absolute atomic E-state index is 0.264. The average molecular weight is 323 g/mol. The third-order valence-corrected chi connectivity index (χ3v) is 3.75. The minimum atomic E-state index is -0.264. The van der Waals surface area contributed by atoms with Crippen LogP contribution in [0.4, 0.5) is 10.5 Å². The molecule has 0 spiro atoms. The van der Waals surface area contributed by atoms with Gasteiger partial charge in [-0.15, -0.1) is 0 Å². The third kappa shape index (κ3) is 5.30. The zero-order valence-corrected chi connectivity index (χ0v) is 13.9. The number of benzene rings is 1. The van der Waals surface area contributed by atoms with Crippen LogP contribution >= 0.6 is 0 Å². The van der Waals surface area contributed by atoms with E-state index in [4.69, 9.17) is 14.2 Å². The van der Waals surface area contributed by atoms with E-state index < -0.39 is 0 Å². The summed E-state index contributed by atoms with van der Waals surface area (Å²) in [5.74, 6) is 1.51. The Balaban J connectivity index is 1.87. The van der Waals surface area contributed by atoms with Crippen LogP contribution in [0.15, 0.2) is 18.2 Å². The Labute approximate surface area is 136 Å². The molecule has 0 radical (unpaired) electrons. The molecule has 1 aliphatic heterocycles. The van der Waals surface area contributed by atoms with E-state index in [0.29, 0.717) is 30.3 Å². The summed E-state index contributed by atoms with van der Waals surface area (Å²) in [6.07, 6.45) is 0. The lowest BCUT2D eigenvalue weighted by Crippen LogP contribution is -2.37. The van der Waals surface area contributed by atoms with Crippen molar-refractivity contribution in [3.8, 4) is 11.5 Å². The molecule has 1 heterocycles. The molecule has 128 valence electrons. The Morgan fingerprint density at radius 3 is 2.96 bits per heavy atom. The molecule has 0 saturated carbocycles. The van der Waals surface area contributed by atoms with Crippen LogP contribution in [0.5, 0.6) is 11.5 Å². The number of nitrogens with zero attached hydrogens (tertiary/aromatic N) is 1. The number of hydrogen-bond acceptors (Lipinski definition) is 5. The largest absolute Gasteiger partial charge is 0.497 e. The molecule has 0 bridgehead atoms. The number of rotatable bonds is 5. The number of carbonyl (C=O) groups excluding carboxylic acids is 1. The summed E-state index contributed by atoms with van der Waals surface area (Å²) in [5.41, 5.74) is 0.597. The summed E-state index contributed by atoms with van der Waals surface area (Å²) in [4.78, 5) is 14.3. The van der Waals surface area contributed by atoms with Crippen LogP contribution in [0, 0.1) is 5.92 Å². The van der Waals surface area contributed by atoms with Crippen LogP contribution in [-0.2, 0) is 4.74 Å². The number of urea groups is 1. The van der Waals surface area contributed by atoms with Gasteiger partial charge in [0.25, 0.3) is 0 Å². The maximum Gasteiger partial charge on any atom is 0.319 e. The van der Waals surface area contributed by atoms with Gasteiger partial charge >= 0.3 is 6.03 Å². The van der Waals surface area contributed by atoms with Gasteiger partial charge < -0.3 is 29.7 Å². The van der Waals surface area contributed by atoms with Gasteiger partial charge in [-0.05, 0) is 19.2 Å². The lowest BCUT2D eigenvalue weighted by molar-refractivity contribution is 0.122. The van der Waals surface area contributed by atoms with Crippen molar-refractivity contribution in [3.63, 3.8) is 0 Å². The first-order valence-corrected chi connectivity index (χ1v) is 7.65. The molecule has 1 saturated heterocycles. The number of carbonyl (C=O) groups is 1. The van der Waals surface area contributed by atoms with Gasteiger partial charge in [0.1, 0.15) is 11.5 Å². The molecule has 1 aliphatic rings. The predicted octanol–water partition coefficient (Wildman–Crippen LogP) is 1.40. The Morgan fingerprint density at radius 1 is 1.39 bits per heavy atom. The van der Waals surface area contributed by atoms with Crippen molar-refractivity contribution in [1.29, 1.82) is 0 Å².